The molecule has 0 aromatic carbocycles. The van der Waals surface area contributed by atoms with Gasteiger partial charge in [-0.25, -0.2) is 0 Å². The van der Waals surface area contributed by atoms with E-state index >= 15 is 0 Å². The SMILES string of the molecule is [2H]C([2H])(Cc1ccccn1)NC. The first-order valence-electron chi connectivity index (χ1n) is 4.23. The first-order chi connectivity index (χ1) is 5.64. The topological polar surface area (TPSA) is 24.9 Å². The van der Waals surface area contributed by atoms with E-state index in [0.29, 0.717) is 6.42 Å². The van der Waals surface area contributed by atoms with Crippen LogP contribution in [0, 0.1) is 0 Å². The second-order valence-corrected chi connectivity index (χ2v) is 1.92. The molecule has 0 saturated carbocycles. The van der Waals surface area contributed by atoms with Crippen molar-refractivity contribution in [2.45, 2.75) is 6.42 Å². The average molecular weight is 138 g/mol. The zero-order valence-electron chi connectivity index (χ0n) is 7.96. The van der Waals surface area contributed by atoms with Gasteiger partial charge >= 0.3 is 0 Å². The number of hydrogen-bond acceptors (Lipinski definition) is 2. The van der Waals surface area contributed by atoms with Crippen molar-refractivity contribution in [2.75, 3.05) is 13.5 Å². The number of hydrogen-bond donors (Lipinski definition) is 1. The Morgan fingerprint density at radius 3 is 3.20 bits per heavy atom. The lowest BCUT2D eigenvalue weighted by atomic mass is 10.3. The van der Waals surface area contributed by atoms with E-state index in [2.05, 4.69) is 10.3 Å². The molecular weight excluding hydrogens is 124 g/mol. The molecule has 1 aromatic heterocycles. The third-order valence-corrected chi connectivity index (χ3v) is 1.17. The summed E-state index contributed by atoms with van der Waals surface area (Å²) in [5.74, 6) is 0. The van der Waals surface area contributed by atoms with E-state index in [1.165, 1.54) is 0 Å². The second-order valence-electron chi connectivity index (χ2n) is 1.92. The minimum absolute atomic E-state index is 0.296. The number of aromatic nitrogens is 1. The summed E-state index contributed by atoms with van der Waals surface area (Å²) in [6.45, 7) is -1.37. The van der Waals surface area contributed by atoms with E-state index in [0.717, 1.165) is 5.69 Å². The van der Waals surface area contributed by atoms with Crippen LogP contribution in [0.1, 0.15) is 8.44 Å². The van der Waals surface area contributed by atoms with Gasteiger partial charge in [0.1, 0.15) is 0 Å². The first-order valence-corrected chi connectivity index (χ1v) is 3.23. The molecule has 0 saturated heterocycles. The summed E-state index contributed by atoms with van der Waals surface area (Å²) in [5, 5.41) is 2.58. The van der Waals surface area contributed by atoms with Gasteiger partial charge in [-0.3, -0.25) is 4.98 Å². The zero-order valence-corrected chi connectivity index (χ0v) is 5.96. The molecule has 0 fully saturated rings. The van der Waals surface area contributed by atoms with Crippen LogP contribution >= 0.6 is 0 Å². The number of aryl methyl sites for hydroxylation is 1. The van der Waals surface area contributed by atoms with Gasteiger partial charge in [0.15, 0.2) is 0 Å². The van der Waals surface area contributed by atoms with Crippen LogP contribution in [0.5, 0.6) is 0 Å². The van der Waals surface area contributed by atoms with Gasteiger partial charge < -0.3 is 5.32 Å². The smallest absolute Gasteiger partial charge is 0.0432 e. The van der Waals surface area contributed by atoms with Crippen molar-refractivity contribution in [1.29, 1.82) is 0 Å². The van der Waals surface area contributed by atoms with Crippen LogP contribution in [-0.2, 0) is 6.42 Å². The van der Waals surface area contributed by atoms with Crippen molar-refractivity contribution in [3.05, 3.63) is 30.1 Å². The molecule has 0 amide bonds. The van der Waals surface area contributed by atoms with Gasteiger partial charge in [-0.05, 0) is 19.2 Å². The molecule has 0 aliphatic carbocycles. The molecule has 10 heavy (non-hydrogen) atoms. The summed E-state index contributed by atoms with van der Waals surface area (Å²) in [7, 11) is 1.60. The summed E-state index contributed by atoms with van der Waals surface area (Å²) in [5.41, 5.74) is 0.761. The summed E-state index contributed by atoms with van der Waals surface area (Å²) in [4.78, 5) is 4.03. The van der Waals surface area contributed by atoms with Gasteiger partial charge in [-0.15, -0.1) is 0 Å². The summed E-state index contributed by atoms with van der Waals surface area (Å²) in [6.07, 6.45) is 1.96. The molecule has 2 heteroatoms. The minimum Gasteiger partial charge on any atom is -0.319 e. The molecule has 1 N–H and O–H groups in total. The maximum Gasteiger partial charge on any atom is 0.0432 e. The van der Waals surface area contributed by atoms with Crippen molar-refractivity contribution in [1.82, 2.24) is 10.3 Å². The fourth-order valence-electron chi connectivity index (χ4n) is 0.682. The van der Waals surface area contributed by atoms with E-state index in [9.17, 15) is 0 Å². The first kappa shape index (κ1) is 4.85. The highest BCUT2D eigenvalue weighted by Gasteiger charge is 1.88. The van der Waals surface area contributed by atoms with Crippen molar-refractivity contribution in [2.24, 2.45) is 0 Å². The minimum atomic E-state index is -1.37. The number of pyridine rings is 1. The van der Waals surface area contributed by atoms with Crippen LogP contribution in [0.3, 0.4) is 0 Å². The predicted octanol–water partition coefficient (Wildman–Crippen LogP) is 0.844. The highest BCUT2D eigenvalue weighted by Crippen LogP contribution is 1.92. The molecule has 0 radical (unpaired) electrons. The second kappa shape index (κ2) is 4.01. The molecule has 1 rings (SSSR count). The molecule has 0 unspecified atom stereocenters. The molecule has 54 valence electrons. The Kier molecular flexibility index (Phi) is 1.95. The van der Waals surface area contributed by atoms with E-state index in [1.807, 2.05) is 18.2 Å². The third-order valence-electron chi connectivity index (χ3n) is 1.17. The maximum atomic E-state index is 7.43. The molecule has 0 spiro atoms. The number of nitrogens with one attached hydrogen (secondary N) is 1. The maximum absolute atomic E-state index is 7.43. The molecule has 2 nitrogen and oxygen atoms in total. The fourth-order valence-corrected chi connectivity index (χ4v) is 0.682. The lowest BCUT2D eigenvalue weighted by molar-refractivity contribution is 0.776. The van der Waals surface area contributed by atoms with Crippen molar-refractivity contribution >= 4 is 0 Å². The van der Waals surface area contributed by atoms with Crippen LogP contribution < -0.4 is 5.32 Å². The van der Waals surface area contributed by atoms with Gasteiger partial charge in [0, 0.05) is 27.5 Å². The molecule has 0 atom stereocenters. The van der Waals surface area contributed by atoms with Crippen LogP contribution in [0.25, 0.3) is 0 Å². The molecular formula is C8H12N2. The van der Waals surface area contributed by atoms with Crippen molar-refractivity contribution < 1.29 is 2.74 Å². The van der Waals surface area contributed by atoms with E-state index < -0.39 is 6.50 Å². The van der Waals surface area contributed by atoms with E-state index in [1.54, 1.807) is 13.2 Å². The van der Waals surface area contributed by atoms with Gasteiger partial charge in [0.05, 0.1) is 0 Å². The summed E-state index contributed by atoms with van der Waals surface area (Å²) >= 11 is 0. The molecule has 0 aliphatic heterocycles. The molecule has 0 aliphatic rings. The Bertz CT molecular complexity index is 236. The standard InChI is InChI=1S/C8H12N2/c1-9-7-5-8-4-2-3-6-10-8/h2-4,6,9H,5,7H2,1H3/i7D2. The van der Waals surface area contributed by atoms with Crippen LogP contribution in [0.2, 0.25) is 0 Å². The zero-order chi connectivity index (χ0) is 9.03. The Morgan fingerprint density at radius 1 is 1.70 bits per heavy atom. The van der Waals surface area contributed by atoms with Crippen LogP contribution in [0.15, 0.2) is 24.4 Å². The average Bonchev–Trinajstić information content (AvgIpc) is 2.06. The highest BCUT2D eigenvalue weighted by atomic mass is 14.8. The third kappa shape index (κ3) is 2.15. The summed E-state index contributed by atoms with van der Waals surface area (Å²) in [6, 6.07) is 5.49. The fraction of sp³-hybridized carbons (Fsp3) is 0.375. The van der Waals surface area contributed by atoms with Gasteiger partial charge in [0.2, 0.25) is 0 Å². The van der Waals surface area contributed by atoms with Gasteiger partial charge in [0.25, 0.3) is 0 Å². The number of rotatable bonds is 3. The quantitative estimate of drug-likeness (QED) is 0.669. The monoisotopic (exact) mass is 138 g/mol. The van der Waals surface area contributed by atoms with Crippen molar-refractivity contribution in [3.8, 4) is 0 Å². The largest absolute Gasteiger partial charge is 0.319 e. The Balaban J connectivity index is 2.64. The Morgan fingerprint density at radius 2 is 2.60 bits per heavy atom. The number of nitrogens with zero attached hydrogens (tertiary/aromatic N) is 1. The summed E-state index contributed by atoms with van der Waals surface area (Å²) < 4.78 is 14.9. The van der Waals surface area contributed by atoms with Crippen LogP contribution in [0.4, 0.5) is 0 Å². The number of likely N-dealkylation sites (N-methyl/N-ethyl adjacent to an activating group) is 1. The molecule has 1 aromatic rings. The highest BCUT2D eigenvalue weighted by molar-refractivity contribution is 5.03. The molecule has 0 bridgehead atoms. The predicted molar refractivity (Wildman–Crippen MR) is 41.9 cm³/mol. The Hall–Kier alpha value is -0.890. The van der Waals surface area contributed by atoms with E-state index in [-0.39, 0.29) is 0 Å². The van der Waals surface area contributed by atoms with Crippen molar-refractivity contribution in [3.63, 3.8) is 0 Å². The normalized spacial score (nSPS) is 14.1. The van der Waals surface area contributed by atoms with Gasteiger partial charge in [-0.2, -0.15) is 0 Å². The lowest BCUT2D eigenvalue weighted by Crippen LogP contribution is -2.10. The Labute approximate surface area is 64.1 Å². The lowest BCUT2D eigenvalue weighted by Gasteiger charge is -1.96. The molecule has 1 heterocycles. The van der Waals surface area contributed by atoms with E-state index in [4.69, 9.17) is 2.74 Å². The van der Waals surface area contributed by atoms with Crippen LogP contribution in [-0.4, -0.2) is 18.5 Å². The van der Waals surface area contributed by atoms with Gasteiger partial charge in [-0.1, -0.05) is 6.07 Å².